The van der Waals surface area contributed by atoms with Crippen LogP contribution in [0.25, 0.3) is 27.8 Å². The van der Waals surface area contributed by atoms with E-state index in [-0.39, 0.29) is 0 Å². The number of aromatic nitrogens is 4. The fourth-order valence-electron chi connectivity index (χ4n) is 3.64. The predicted octanol–water partition coefficient (Wildman–Crippen LogP) is 4.99. The molecule has 0 saturated carbocycles. The molecule has 8 heteroatoms. The van der Waals surface area contributed by atoms with Gasteiger partial charge in [-0.25, -0.2) is 9.97 Å². The van der Waals surface area contributed by atoms with Crippen molar-refractivity contribution in [1.29, 1.82) is 10.5 Å². The van der Waals surface area contributed by atoms with E-state index in [1.807, 2.05) is 39.8 Å². The fourth-order valence-corrected chi connectivity index (χ4v) is 4.86. The summed E-state index contributed by atoms with van der Waals surface area (Å²) in [5.41, 5.74) is 6.06. The molecule has 31 heavy (non-hydrogen) atoms. The van der Waals surface area contributed by atoms with E-state index in [1.54, 1.807) is 30.7 Å². The molecule has 7 nitrogen and oxygen atoms in total. The summed E-state index contributed by atoms with van der Waals surface area (Å²) in [5, 5.41) is 20.4. The van der Waals surface area contributed by atoms with Gasteiger partial charge in [0, 0.05) is 28.5 Å². The summed E-state index contributed by atoms with van der Waals surface area (Å²) < 4.78 is 7.43. The van der Waals surface area contributed by atoms with E-state index in [0.29, 0.717) is 33.9 Å². The zero-order valence-electron chi connectivity index (χ0n) is 17.9. The molecule has 4 aromatic rings. The number of thiophene rings is 1. The summed E-state index contributed by atoms with van der Waals surface area (Å²) in [4.78, 5) is 13.0. The topological polar surface area (TPSA) is 103 Å². The van der Waals surface area contributed by atoms with Gasteiger partial charge in [0.1, 0.15) is 28.4 Å². The monoisotopic (exact) mass is 428 g/mol. The second-order valence-corrected chi connectivity index (χ2v) is 8.41. The van der Waals surface area contributed by atoms with Crippen LogP contribution >= 0.6 is 11.3 Å². The average molecular weight is 429 g/mol. The lowest BCUT2D eigenvalue weighted by atomic mass is 10.1. The van der Waals surface area contributed by atoms with E-state index >= 15 is 0 Å². The molecular formula is C23H20N6OS. The van der Waals surface area contributed by atoms with E-state index < -0.39 is 0 Å². The number of hydrogen-bond donors (Lipinski definition) is 1. The van der Waals surface area contributed by atoms with Gasteiger partial charge in [0.25, 0.3) is 0 Å². The Morgan fingerprint density at radius 1 is 1.26 bits per heavy atom. The maximum absolute atomic E-state index is 9.82. The molecule has 0 aliphatic heterocycles. The number of fused-ring (bicyclic) bond motifs is 1. The zero-order valence-corrected chi connectivity index (χ0v) is 18.7. The van der Waals surface area contributed by atoms with Gasteiger partial charge in [-0.1, -0.05) is 0 Å². The molecule has 0 unspecified atom stereocenters. The van der Waals surface area contributed by atoms with E-state index in [2.05, 4.69) is 31.7 Å². The zero-order chi connectivity index (χ0) is 22.3. The van der Waals surface area contributed by atoms with Crippen molar-refractivity contribution >= 4 is 34.1 Å². The van der Waals surface area contributed by atoms with Gasteiger partial charge in [-0.2, -0.15) is 10.5 Å². The minimum absolute atomic E-state index is 0.388. The number of nitriles is 2. The van der Waals surface area contributed by atoms with Gasteiger partial charge in [0.2, 0.25) is 0 Å². The molecule has 0 aliphatic carbocycles. The molecule has 154 valence electrons. The van der Waals surface area contributed by atoms with Crippen LogP contribution in [0.2, 0.25) is 0 Å². The van der Waals surface area contributed by atoms with Crippen molar-refractivity contribution < 1.29 is 4.74 Å². The van der Waals surface area contributed by atoms with Crippen molar-refractivity contribution in [2.24, 2.45) is 0 Å². The molecule has 4 aromatic heterocycles. The number of aryl methyl sites for hydroxylation is 2. The molecule has 0 radical (unpaired) electrons. The van der Waals surface area contributed by atoms with Crippen LogP contribution in [0, 0.1) is 50.4 Å². The normalized spacial score (nSPS) is 11.5. The number of rotatable bonds is 4. The Morgan fingerprint density at radius 3 is 2.71 bits per heavy atom. The number of methoxy groups -OCH3 is 1. The molecule has 0 spiro atoms. The third kappa shape index (κ3) is 3.27. The van der Waals surface area contributed by atoms with E-state index in [9.17, 15) is 10.5 Å². The van der Waals surface area contributed by atoms with Crippen molar-refractivity contribution in [1.82, 2.24) is 19.5 Å². The summed E-state index contributed by atoms with van der Waals surface area (Å²) in [6.07, 6.45) is 3.43. The largest absolute Gasteiger partial charge is 0.494 e. The maximum atomic E-state index is 9.82. The first-order valence-corrected chi connectivity index (χ1v) is 10.4. The quantitative estimate of drug-likeness (QED) is 0.461. The van der Waals surface area contributed by atoms with Gasteiger partial charge < -0.3 is 14.3 Å². The summed E-state index contributed by atoms with van der Waals surface area (Å²) in [7, 11) is 1.58. The first kappa shape index (κ1) is 20.4. The Bertz CT molecular complexity index is 1440. The molecule has 0 bridgehead atoms. The van der Waals surface area contributed by atoms with Crippen molar-refractivity contribution in [2.45, 2.75) is 27.7 Å². The van der Waals surface area contributed by atoms with Crippen LogP contribution in [0.15, 0.2) is 18.3 Å². The first-order valence-electron chi connectivity index (χ1n) is 9.59. The highest BCUT2D eigenvalue weighted by atomic mass is 32.1. The molecule has 4 heterocycles. The fraction of sp³-hybridized carbons (Fsp3) is 0.217. The summed E-state index contributed by atoms with van der Waals surface area (Å²) >= 11 is 1.60. The van der Waals surface area contributed by atoms with Gasteiger partial charge in [0.15, 0.2) is 11.5 Å². The van der Waals surface area contributed by atoms with Crippen molar-refractivity contribution in [3.05, 3.63) is 57.1 Å². The standard InChI is InChI=1S/C23H20N6OS/c1-12-8-16(14(3)29(12)23-18(11-25)13(2)15(4)31-23)9-17(10-24)21-27-20-19(30-5)6-7-26-22(20)28-21/h6-9H,1-5H3,(H,26,27,28). The third-order valence-electron chi connectivity index (χ3n) is 5.40. The van der Waals surface area contributed by atoms with Crippen LogP contribution in [-0.4, -0.2) is 26.6 Å². The van der Waals surface area contributed by atoms with Crippen LogP contribution in [0.4, 0.5) is 0 Å². The molecule has 0 fully saturated rings. The van der Waals surface area contributed by atoms with Gasteiger partial charge in [-0.3, -0.25) is 0 Å². The highest BCUT2D eigenvalue weighted by molar-refractivity contribution is 7.14. The van der Waals surface area contributed by atoms with Gasteiger partial charge in [-0.05, 0) is 51.0 Å². The molecule has 1 N–H and O–H groups in total. The highest BCUT2D eigenvalue weighted by Gasteiger charge is 2.19. The van der Waals surface area contributed by atoms with Crippen LogP contribution in [0.5, 0.6) is 5.75 Å². The first-order chi connectivity index (χ1) is 14.9. The van der Waals surface area contributed by atoms with E-state index in [1.165, 1.54) is 0 Å². The number of nitrogens with one attached hydrogen (secondary N) is 1. The lowest BCUT2D eigenvalue weighted by molar-refractivity contribution is 0.418. The van der Waals surface area contributed by atoms with Crippen LogP contribution < -0.4 is 4.74 Å². The van der Waals surface area contributed by atoms with Crippen LogP contribution in [-0.2, 0) is 0 Å². The number of ether oxygens (including phenoxy) is 1. The predicted molar refractivity (Wildman–Crippen MR) is 121 cm³/mol. The number of nitrogens with zero attached hydrogens (tertiary/aromatic N) is 5. The Kier molecular flexibility index (Phi) is 5.10. The summed E-state index contributed by atoms with van der Waals surface area (Å²) in [6.45, 7) is 7.98. The van der Waals surface area contributed by atoms with E-state index in [4.69, 9.17) is 4.74 Å². The van der Waals surface area contributed by atoms with Gasteiger partial charge in [0.05, 0.1) is 18.2 Å². The SMILES string of the molecule is COc1ccnc2nc(C(C#N)=Cc3cc(C)n(-c4sc(C)c(C)c4C#N)c3C)[nH]c12. The lowest BCUT2D eigenvalue weighted by Crippen LogP contribution is -1.99. The van der Waals surface area contributed by atoms with Crippen LogP contribution in [0.1, 0.15) is 38.8 Å². The Labute approximate surface area is 183 Å². The summed E-state index contributed by atoms with van der Waals surface area (Å²) in [6, 6.07) is 8.33. The number of H-pyrrole nitrogens is 1. The maximum Gasteiger partial charge on any atom is 0.181 e. The number of allylic oxidation sites excluding steroid dienone is 1. The average Bonchev–Trinajstić information content (AvgIpc) is 3.39. The Morgan fingerprint density at radius 2 is 2.03 bits per heavy atom. The number of hydrogen-bond acceptors (Lipinski definition) is 6. The van der Waals surface area contributed by atoms with Crippen molar-refractivity contribution in [3.63, 3.8) is 0 Å². The Hall–Kier alpha value is -3.88. The second kappa shape index (κ2) is 7.75. The van der Waals surface area contributed by atoms with Gasteiger partial charge in [-0.15, -0.1) is 11.3 Å². The molecular weight excluding hydrogens is 408 g/mol. The van der Waals surface area contributed by atoms with Crippen molar-refractivity contribution in [3.8, 4) is 22.9 Å². The van der Waals surface area contributed by atoms with Gasteiger partial charge >= 0.3 is 0 Å². The molecule has 0 aliphatic rings. The lowest BCUT2D eigenvalue weighted by Gasteiger charge is -2.07. The number of aromatic amines is 1. The minimum Gasteiger partial charge on any atom is -0.494 e. The molecule has 0 saturated heterocycles. The smallest absolute Gasteiger partial charge is 0.181 e. The van der Waals surface area contributed by atoms with Crippen LogP contribution in [0.3, 0.4) is 0 Å². The number of imidazole rings is 1. The highest BCUT2D eigenvalue weighted by Crippen LogP contribution is 2.34. The van der Waals surface area contributed by atoms with Crippen molar-refractivity contribution in [2.75, 3.05) is 7.11 Å². The molecule has 4 rings (SSSR count). The molecule has 0 aromatic carbocycles. The third-order valence-corrected chi connectivity index (χ3v) is 6.59. The molecule has 0 atom stereocenters. The molecule has 0 amide bonds. The summed E-state index contributed by atoms with van der Waals surface area (Å²) in [5.74, 6) is 1.05. The second-order valence-electron chi connectivity index (χ2n) is 7.20. The minimum atomic E-state index is 0.388. The number of pyridine rings is 1. The van der Waals surface area contributed by atoms with E-state index in [0.717, 1.165) is 32.4 Å². The Balaban J connectivity index is 1.84.